The SMILES string of the molecule is CCC1(C)CC=C(NC(=O)c2ccc(CN3CCN(C)CC3)c(C(F)(F)F)c2)C=N1. The van der Waals surface area contributed by atoms with E-state index in [1.807, 2.05) is 31.9 Å². The smallest absolute Gasteiger partial charge is 0.321 e. The van der Waals surface area contributed by atoms with Crippen LogP contribution in [0.5, 0.6) is 0 Å². The van der Waals surface area contributed by atoms with E-state index < -0.39 is 17.6 Å². The molecule has 30 heavy (non-hydrogen) atoms. The molecule has 0 saturated carbocycles. The van der Waals surface area contributed by atoms with Crippen LogP contribution in [0.15, 0.2) is 35.0 Å². The fourth-order valence-electron chi connectivity index (χ4n) is 3.55. The molecule has 2 aliphatic rings. The summed E-state index contributed by atoms with van der Waals surface area (Å²) in [5.74, 6) is -0.565. The lowest BCUT2D eigenvalue weighted by molar-refractivity contribution is -0.138. The molecule has 0 bridgehead atoms. The molecule has 2 aliphatic heterocycles. The monoisotopic (exact) mass is 422 g/mol. The number of halogens is 3. The molecule has 1 atom stereocenters. The van der Waals surface area contributed by atoms with E-state index in [1.54, 1.807) is 6.21 Å². The van der Waals surface area contributed by atoms with Gasteiger partial charge in [0.15, 0.2) is 0 Å². The van der Waals surface area contributed by atoms with Gasteiger partial charge in [0, 0.05) is 44.5 Å². The Bertz CT molecular complexity index is 841. The molecular formula is C22H29F3N4O. The molecule has 3 rings (SSSR count). The van der Waals surface area contributed by atoms with E-state index in [1.165, 1.54) is 12.1 Å². The third-order valence-electron chi connectivity index (χ3n) is 5.96. The van der Waals surface area contributed by atoms with Gasteiger partial charge in [-0.1, -0.05) is 19.1 Å². The highest BCUT2D eigenvalue weighted by Crippen LogP contribution is 2.33. The van der Waals surface area contributed by atoms with Gasteiger partial charge in [0.2, 0.25) is 0 Å². The highest BCUT2D eigenvalue weighted by Gasteiger charge is 2.34. The number of hydrogen-bond donors (Lipinski definition) is 1. The van der Waals surface area contributed by atoms with E-state index in [9.17, 15) is 18.0 Å². The largest absolute Gasteiger partial charge is 0.416 e. The summed E-state index contributed by atoms with van der Waals surface area (Å²) in [5.41, 5.74) is -0.244. The first-order valence-corrected chi connectivity index (χ1v) is 10.3. The van der Waals surface area contributed by atoms with Crippen molar-refractivity contribution in [1.29, 1.82) is 0 Å². The van der Waals surface area contributed by atoms with E-state index in [0.717, 1.165) is 38.7 Å². The van der Waals surface area contributed by atoms with Crippen molar-refractivity contribution in [3.8, 4) is 0 Å². The number of amides is 1. The summed E-state index contributed by atoms with van der Waals surface area (Å²) < 4.78 is 41.1. The van der Waals surface area contributed by atoms with E-state index in [4.69, 9.17) is 0 Å². The first kappa shape index (κ1) is 22.5. The van der Waals surface area contributed by atoms with Gasteiger partial charge in [-0.3, -0.25) is 14.7 Å². The number of carbonyl (C=O) groups excluding carboxylic acids is 1. The maximum absolute atomic E-state index is 13.7. The van der Waals surface area contributed by atoms with Crippen LogP contribution in [-0.2, 0) is 12.7 Å². The zero-order valence-corrected chi connectivity index (χ0v) is 17.7. The van der Waals surface area contributed by atoms with Crippen molar-refractivity contribution in [3.63, 3.8) is 0 Å². The van der Waals surface area contributed by atoms with Crippen LogP contribution in [0.2, 0.25) is 0 Å². The molecule has 0 aliphatic carbocycles. The number of aliphatic imine (C=N–C) groups is 1. The second-order valence-electron chi connectivity index (χ2n) is 8.38. The molecule has 0 spiro atoms. The van der Waals surface area contributed by atoms with Gasteiger partial charge >= 0.3 is 6.18 Å². The Morgan fingerprint density at radius 1 is 1.23 bits per heavy atom. The number of allylic oxidation sites excluding steroid dienone is 1. The normalized spacial score (nSPS) is 23.3. The summed E-state index contributed by atoms with van der Waals surface area (Å²) in [6, 6.07) is 3.84. The molecule has 1 aromatic carbocycles. The first-order chi connectivity index (χ1) is 14.1. The van der Waals surface area contributed by atoms with Crippen LogP contribution in [0.3, 0.4) is 0 Å². The summed E-state index contributed by atoms with van der Waals surface area (Å²) in [5, 5.41) is 2.67. The van der Waals surface area contributed by atoms with Crippen molar-refractivity contribution in [1.82, 2.24) is 15.1 Å². The van der Waals surface area contributed by atoms with Crippen LogP contribution >= 0.6 is 0 Å². The number of nitrogens with zero attached hydrogens (tertiary/aromatic N) is 3. The lowest BCUT2D eigenvalue weighted by Crippen LogP contribution is -2.44. The molecule has 8 heteroatoms. The summed E-state index contributed by atoms with van der Waals surface area (Å²) in [4.78, 5) is 21.2. The Morgan fingerprint density at radius 2 is 1.93 bits per heavy atom. The van der Waals surface area contributed by atoms with Crippen LogP contribution in [0.1, 0.15) is 48.2 Å². The van der Waals surface area contributed by atoms with Crippen LogP contribution in [0, 0.1) is 0 Å². The molecule has 2 heterocycles. The predicted molar refractivity (Wildman–Crippen MR) is 112 cm³/mol. The third-order valence-corrected chi connectivity index (χ3v) is 5.96. The number of carbonyl (C=O) groups is 1. The van der Waals surface area contributed by atoms with Crippen LogP contribution in [0.4, 0.5) is 13.2 Å². The standard InChI is InChI=1S/C22H29F3N4O/c1-4-21(2)8-7-18(14-26-21)27-20(30)16-5-6-17(19(13-16)22(23,24)25)15-29-11-9-28(3)10-12-29/h5-7,13-14H,4,8-12,15H2,1-3H3,(H,27,30). The topological polar surface area (TPSA) is 47.9 Å². The van der Waals surface area contributed by atoms with Gasteiger partial charge in [-0.05, 0) is 44.5 Å². The van der Waals surface area contributed by atoms with Gasteiger partial charge < -0.3 is 10.2 Å². The van der Waals surface area contributed by atoms with Gasteiger partial charge in [0.1, 0.15) is 0 Å². The van der Waals surface area contributed by atoms with Crippen molar-refractivity contribution < 1.29 is 18.0 Å². The number of piperazine rings is 1. The Morgan fingerprint density at radius 3 is 2.50 bits per heavy atom. The number of dihydropyridines is 1. The number of nitrogens with one attached hydrogen (secondary N) is 1. The molecular weight excluding hydrogens is 393 g/mol. The molecule has 1 amide bonds. The zero-order valence-electron chi connectivity index (χ0n) is 17.7. The Balaban J connectivity index is 1.74. The Hall–Kier alpha value is -2.19. The van der Waals surface area contributed by atoms with Gasteiger partial charge in [-0.2, -0.15) is 13.2 Å². The molecule has 1 N–H and O–H groups in total. The van der Waals surface area contributed by atoms with Gasteiger partial charge in [-0.25, -0.2) is 0 Å². The molecule has 5 nitrogen and oxygen atoms in total. The highest BCUT2D eigenvalue weighted by atomic mass is 19.4. The second-order valence-corrected chi connectivity index (χ2v) is 8.38. The average Bonchev–Trinajstić information content (AvgIpc) is 2.71. The minimum absolute atomic E-state index is 0.0115. The van der Waals surface area contributed by atoms with Crippen molar-refractivity contribution in [2.75, 3.05) is 33.2 Å². The van der Waals surface area contributed by atoms with Crippen LogP contribution in [0.25, 0.3) is 0 Å². The van der Waals surface area contributed by atoms with Crippen molar-refractivity contribution in [2.45, 2.75) is 44.9 Å². The van der Waals surface area contributed by atoms with E-state index in [0.29, 0.717) is 12.1 Å². The fraction of sp³-hybridized carbons (Fsp3) is 0.545. The average molecular weight is 422 g/mol. The quantitative estimate of drug-likeness (QED) is 0.787. The lowest BCUT2D eigenvalue weighted by atomic mass is 9.93. The maximum Gasteiger partial charge on any atom is 0.416 e. The summed E-state index contributed by atoms with van der Waals surface area (Å²) in [6.07, 6.45) is 0.461. The minimum atomic E-state index is -4.52. The number of alkyl halides is 3. The molecule has 0 radical (unpaired) electrons. The van der Waals surface area contributed by atoms with Crippen molar-refractivity contribution >= 4 is 12.1 Å². The van der Waals surface area contributed by atoms with E-state index in [-0.39, 0.29) is 23.2 Å². The number of benzene rings is 1. The molecule has 1 fully saturated rings. The molecule has 1 saturated heterocycles. The summed E-state index contributed by atoms with van der Waals surface area (Å²) >= 11 is 0. The lowest BCUT2D eigenvalue weighted by Gasteiger charge is -2.33. The number of rotatable bonds is 5. The second kappa shape index (κ2) is 8.89. The first-order valence-electron chi connectivity index (χ1n) is 10.3. The molecule has 0 aromatic heterocycles. The predicted octanol–water partition coefficient (Wildman–Crippen LogP) is 3.71. The Kier molecular flexibility index (Phi) is 6.67. The van der Waals surface area contributed by atoms with Crippen molar-refractivity contribution in [2.24, 2.45) is 4.99 Å². The van der Waals surface area contributed by atoms with E-state index in [2.05, 4.69) is 15.2 Å². The van der Waals surface area contributed by atoms with Gasteiger partial charge in [0.05, 0.1) is 16.8 Å². The Labute approximate surface area is 175 Å². The zero-order chi connectivity index (χ0) is 21.9. The van der Waals surface area contributed by atoms with Crippen molar-refractivity contribution in [3.05, 3.63) is 46.7 Å². The van der Waals surface area contributed by atoms with Crippen LogP contribution < -0.4 is 5.32 Å². The van der Waals surface area contributed by atoms with Gasteiger partial charge in [0.25, 0.3) is 5.91 Å². The fourth-order valence-corrected chi connectivity index (χ4v) is 3.55. The molecule has 1 aromatic rings. The molecule has 164 valence electrons. The minimum Gasteiger partial charge on any atom is -0.321 e. The molecule has 1 unspecified atom stereocenters. The van der Waals surface area contributed by atoms with Crippen LogP contribution in [-0.4, -0.2) is 60.7 Å². The summed E-state index contributed by atoms with van der Waals surface area (Å²) in [6.45, 7) is 7.38. The highest BCUT2D eigenvalue weighted by molar-refractivity contribution is 5.99. The number of hydrogen-bond acceptors (Lipinski definition) is 4. The number of likely N-dealkylation sites (N-methyl/N-ethyl adjacent to an activating group) is 1. The third kappa shape index (κ3) is 5.49. The summed E-state index contributed by atoms with van der Waals surface area (Å²) in [7, 11) is 2.00. The maximum atomic E-state index is 13.7. The van der Waals surface area contributed by atoms with E-state index >= 15 is 0 Å². The van der Waals surface area contributed by atoms with Gasteiger partial charge in [-0.15, -0.1) is 0 Å².